The SMILES string of the molecule is CC1NC(=O)CN(Cc2c[nH]c3ccccc23)C1=O. The average molecular weight is 257 g/mol. The number of para-hydroxylation sites is 1. The van der Waals surface area contributed by atoms with Crippen molar-refractivity contribution in [3.05, 3.63) is 36.0 Å². The lowest BCUT2D eigenvalue weighted by molar-refractivity contribution is -0.144. The van der Waals surface area contributed by atoms with Crippen molar-refractivity contribution >= 4 is 22.7 Å². The van der Waals surface area contributed by atoms with Crippen molar-refractivity contribution in [2.24, 2.45) is 0 Å². The summed E-state index contributed by atoms with van der Waals surface area (Å²) in [4.78, 5) is 28.3. The molecular weight excluding hydrogens is 242 g/mol. The number of aromatic amines is 1. The Kier molecular flexibility index (Phi) is 2.74. The number of carbonyl (C=O) groups excluding carboxylic acids is 2. The zero-order chi connectivity index (χ0) is 13.4. The molecule has 1 aromatic heterocycles. The zero-order valence-electron chi connectivity index (χ0n) is 10.6. The molecule has 1 aliphatic rings. The lowest BCUT2D eigenvalue weighted by atomic mass is 10.1. The summed E-state index contributed by atoms with van der Waals surface area (Å²) < 4.78 is 0. The number of hydrogen-bond donors (Lipinski definition) is 2. The van der Waals surface area contributed by atoms with Crippen molar-refractivity contribution in [2.45, 2.75) is 19.5 Å². The third-order valence-corrected chi connectivity index (χ3v) is 3.43. The highest BCUT2D eigenvalue weighted by Crippen LogP contribution is 2.20. The van der Waals surface area contributed by atoms with Crippen LogP contribution in [-0.4, -0.2) is 34.3 Å². The van der Waals surface area contributed by atoms with Gasteiger partial charge in [-0.05, 0) is 18.6 Å². The summed E-state index contributed by atoms with van der Waals surface area (Å²) in [5.41, 5.74) is 2.07. The first kappa shape index (κ1) is 11.8. The quantitative estimate of drug-likeness (QED) is 0.843. The number of piperazine rings is 1. The molecule has 0 radical (unpaired) electrons. The average Bonchev–Trinajstić information content (AvgIpc) is 2.79. The summed E-state index contributed by atoms with van der Waals surface area (Å²) in [7, 11) is 0. The normalized spacial score (nSPS) is 19.8. The van der Waals surface area contributed by atoms with Crippen LogP contribution >= 0.6 is 0 Å². The number of hydrogen-bond acceptors (Lipinski definition) is 2. The molecule has 2 N–H and O–H groups in total. The van der Waals surface area contributed by atoms with E-state index in [0.29, 0.717) is 6.54 Å². The van der Waals surface area contributed by atoms with Gasteiger partial charge in [-0.2, -0.15) is 0 Å². The van der Waals surface area contributed by atoms with E-state index in [4.69, 9.17) is 0 Å². The summed E-state index contributed by atoms with van der Waals surface area (Å²) in [5, 5.41) is 3.73. The Hall–Kier alpha value is -2.30. The molecule has 2 aromatic rings. The number of H-pyrrole nitrogens is 1. The van der Waals surface area contributed by atoms with Gasteiger partial charge in [-0.25, -0.2) is 0 Å². The molecule has 1 unspecified atom stereocenters. The Morgan fingerprint density at radius 2 is 2.11 bits per heavy atom. The smallest absolute Gasteiger partial charge is 0.245 e. The van der Waals surface area contributed by atoms with Gasteiger partial charge >= 0.3 is 0 Å². The van der Waals surface area contributed by atoms with Crippen molar-refractivity contribution in [3.8, 4) is 0 Å². The highest BCUT2D eigenvalue weighted by atomic mass is 16.2. The molecule has 0 spiro atoms. The predicted octanol–water partition coefficient (Wildman–Crippen LogP) is 1.01. The molecule has 3 rings (SSSR count). The fourth-order valence-corrected chi connectivity index (χ4v) is 2.48. The Labute approximate surface area is 110 Å². The Morgan fingerprint density at radius 1 is 1.32 bits per heavy atom. The summed E-state index contributed by atoms with van der Waals surface area (Å²) >= 11 is 0. The minimum atomic E-state index is -0.438. The van der Waals surface area contributed by atoms with Crippen LogP contribution in [0.15, 0.2) is 30.5 Å². The lowest BCUT2D eigenvalue weighted by Crippen LogP contribution is -2.56. The zero-order valence-corrected chi connectivity index (χ0v) is 10.6. The molecule has 0 aliphatic carbocycles. The van der Waals surface area contributed by atoms with Crippen LogP contribution in [-0.2, 0) is 16.1 Å². The molecule has 0 bridgehead atoms. The first-order chi connectivity index (χ1) is 9.15. The molecule has 2 amide bonds. The topological polar surface area (TPSA) is 65.2 Å². The molecule has 1 aliphatic heterocycles. The minimum absolute atomic E-state index is 0.0371. The Bertz CT molecular complexity index is 647. The highest BCUT2D eigenvalue weighted by Gasteiger charge is 2.29. The van der Waals surface area contributed by atoms with E-state index in [-0.39, 0.29) is 18.4 Å². The van der Waals surface area contributed by atoms with Gasteiger partial charge in [0.05, 0.1) is 6.54 Å². The molecule has 19 heavy (non-hydrogen) atoms. The van der Waals surface area contributed by atoms with E-state index in [1.807, 2.05) is 30.5 Å². The van der Waals surface area contributed by atoms with Crippen LogP contribution in [0.4, 0.5) is 0 Å². The van der Waals surface area contributed by atoms with E-state index in [0.717, 1.165) is 16.5 Å². The van der Waals surface area contributed by atoms with Crippen molar-refractivity contribution in [2.75, 3.05) is 6.54 Å². The van der Waals surface area contributed by atoms with Gasteiger partial charge in [0.25, 0.3) is 0 Å². The van der Waals surface area contributed by atoms with Crippen molar-refractivity contribution < 1.29 is 9.59 Å². The molecular formula is C14H15N3O2. The number of nitrogens with one attached hydrogen (secondary N) is 2. The van der Waals surface area contributed by atoms with E-state index < -0.39 is 6.04 Å². The number of amides is 2. The lowest BCUT2D eigenvalue weighted by Gasteiger charge is -2.30. The summed E-state index contributed by atoms with van der Waals surface area (Å²) in [6.07, 6.45) is 1.90. The van der Waals surface area contributed by atoms with Gasteiger partial charge in [0.1, 0.15) is 6.04 Å². The number of carbonyl (C=O) groups is 2. The van der Waals surface area contributed by atoms with Crippen LogP contribution in [0.2, 0.25) is 0 Å². The third kappa shape index (κ3) is 2.07. The monoisotopic (exact) mass is 257 g/mol. The molecule has 1 saturated heterocycles. The molecule has 0 saturated carbocycles. The van der Waals surface area contributed by atoms with Gasteiger partial charge < -0.3 is 15.2 Å². The molecule has 1 fully saturated rings. The van der Waals surface area contributed by atoms with E-state index in [1.165, 1.54) is 0 Å². The predicted molar refractivity (Wildman–Crippen MR) is 71.3 cm³/mol. The number of fused-ring (bicyclic) bond motifs is 1. The van der Waals surface area contributed by atoms with Crippen LogP contribution in [0, 0.1) is 0 Å². The Balaban J connectivity index is 1.88. The number of aromatic nitrogens is 1. The van der Waals surface area contributed by atoms with Crippen LogP contribution in [0.3, 0.4) is 0 Å². The summed E-state index contributed by atoms with van der Waals surface area (Å²) in [6, 6.07) is 7.49. The Morgan fingerprint density at radius 3 is 2.95 bits per heavy atom. The summed E-state index contributed by atoms with van der Waals surface area (Å²) in [5.74, 6) is -0.142. The second-order valence-electron chi connectivity index (χ2n) is 4.84. The largest absolute Gasteiger partial charge is 0.361 e. The first-order valence-corrected chi connectivity index (χ1v) is 6.28. The fraction of sp³-hybridized carbons (Fsp3) is 0.286. The van der Waals surface area contributed by atoms with Gasteiger partial charge in [0, 0.05) is 23.6 Å². The molecule has 98 valence electrons. The van der Waals surface area contributed by atoms with Crippen LogP contribution in [0.5, 0.6) is 0 Å². The fourth-order valence-electron chi connectivity index (χ4n) is 2.48. The van der Waals surface area contributed by atoms with E-state index >= 15 is 0 Å². The van der Waals surface area contributed by atoms with Gasteiger partial charge in [-0.3, -0.25) is 9.59 Å². The number of nitrogens with zero attached hydrogens (tertiary/aromatic N) is 1. The van der Waals surface area contributed by atoms with Gasteiger partial charge in [-0.1, -0.05) is 18.2 Å². The molecule has 5 heteroatoms. The van der Waals surface area contributed by atoms with Crippen LogP contribution < -0.4 is 5.32 Å². The van der Waals surface area contributed by atoms with Crippen molar-refractivity contribution in [1.82, 2.24) is 15.2 Å². The second kappa shape index (κ2) is 4.42. The molecule has 1 atom stereocenters. The van der Waals surface area contributed by atoms with E-state index in [9.17, 15) is 9.59 Å². The first-order valence-electron chi connectivity index (χ1n) is 6.28. The highest BCUT2D eigenvalue weighted by molar-refractivity contribution is 5.94. The number of rotatable bonds is 2. The number of benzene rings is 1. The van der Waals surface area contributed by atoms with Gasteiger partial charge in [-0.15, -0.1) is 0 Å². The van der Waals surface area contributed by atoms with Gasteiger partial charge in [0.2, 0.25) is 11.8 Å². The maximum atomic E-state index is 12.0. The van der Waals surface area contributed by atoms with Crippen molar-refractivity contribution in [1.29, 1.82) is 0 Å². The van der Waals surface area contributed by atoms with Gasteiger partial charge in [0.15, 0.2) is 0 Å². The minimum Gasteiger partial charge on any atom is -0.361 e. The molecule has 5 nitrogen and oxygen atoms in total. The standard InChI is InChI=1S/C14H15N3O2/c1-9-14(19)17(8-13(18)16-9)7-10-6-15-12-5-3-2-4-11(10)12/h2-6,9,15H,7-8H2,1H3,(H,16,18). The van der Waals surface area contributed by atoms with Crippen molar-refractivity contribution in [3.63, 3.8) is 0 Å². The third-order valence-electron chi connectivity index (χ3n) is 3.43. The maximum Gasteiger partial charge on any atom is 0.245 e. The van der Waals surface area contributed by atoms with E-state index in [2.05, 4.69) is 10.3 Å². The van der Waals surface area contributed by atoms with Crippen LogP contribution in [0.1, 0.15) is 12.5 Å². The molecule has 2 heterocycles. The second-order valence-corrected chi connectivity index (χ2v) is 4.84. The van der Waals surface area contributed by atoms with Crippen LogP contribution in [0.25, 0.3) is 10.9 Å². The molecule has 1 aromatic carbocycles. The summed E-state index contributed by atoms with van der Waals surface area (Å²) in [6.45, 7) is 2.30. The van der Waals surface area contributed by atoms with E-state index in [1.54, 1.807) is 11.8 Å². The maximum absolute atomic E-state index is 12.0.